The van der Waals surface area contributed by atoms with Crippen LogP contribution in [0, 0.1) is 6.92 Å². The van der Waals surface area contributed by atoms with Crippen molar-refractivity contribution < 1.29 is 18.0 Å². The number of hydrogen-bond donors (Lipinski definition) is 1. The highest BCUT2D eigenvalue weighted by Gasteiger charge is 2.37. The van der Waals surface area contributed by atoms with Crippen molar-refractivity contribution in [3.05, 3.63) is 58.9 Å². The van der Waals surface area contributed by atoms with Crippen molar-refractivity contribution >= 4 is 21.8 Å². The zero-order valence-electron chi connectivity index (χ0n) is 18.3. The molecule has 1 aliphatic rings. The average molecular weight is 445 g/mol. The van der Waals surface area contributed by atoms with E-state index >= 15 is 0 Å². The van der Waals surface area contributed by atoms with Crippen LogP contribution < -0.4 is 5.32 Å². The van der Waals surface area contributed by atoms with Gasteiger partial charge in [0.2, 0.25) is 15.9 Å². The maximum Gasteiger partial charge on any atom is 0.252 e. The van der Waals surface area contributed by atoms with Crippen molar-refractivity contribution in [1.82, 2.24) is 19.5 Å². The van der Waals surface area contributed by atoms with Gasteiger partial charge in [-0.15, -0.1) is 0 Å². The Balaban J connectivity index is 1.85. The van der Waals surface area contributed by atoms with Crippen molar-refractivity contribution in [3.8, 4) is 0 Å². The van der Waals surface area contributed by atoms with Gasteiger partial charge in [0.1, 0.15) is 0 Å². The molecule has 3 rings (SSSR count). The number of benzene rings is 1. The lowest BCUT2D eigenvalue weighted by Crippen LogP contribution is -2.31. The molecule has 0 saturated carbocycles. The highest BCUT2D eigenvalue weighted by Crippen LogP contribution is 2.36. The van der Waals surface area contributed by atoms with Crippen molar-refractivity contribution in [3.63, 3.8) is 0 Å². The van der Waals surface area contributed by atoms with Crippen LogP contribution in [0.1, 0.15) is 46.2 Å². The van der Waals surface area contributed by atoms with Gasteiger partial charge >= 0.3 is 0 Å². The van der Waals surface area contributed by atoms with Crippen LogP contribution >= 0.6 is 0 Å². The summed E-state index contributed by atoms with van der Waals surface area (Å²) in [6.45, 7) is 2.15. The first-order chi connectivity index (χ1) is 14.6. The summed E-state index contributed by atoms with van der Waals surface area (Å²) < 4.78 is 28.1. The monoisotopic (exact) mass is 444 g/mol. The number of aryl methyl sites for hydroxylation is 1. The fourth-order valence-corrected chi connectivity index (χ4v) is 5.38. The molecule has 0 spiro atoms. The van der Waals surface area contributed by atoms with Gasteiger partial charge in [0.25, 0.3) is 5.91 Å². The summed E-state index contributed by atoms with van der Waals surface area (Å²) >= 11 is 0. The van der Waals surface area contributed by atoms with E-state index in [1.807, 2.05) is 0 Å². The molecule has 1 unspecified atom stereocenters. The van der Waals surface area contributed by atoms with Crippen LogP contribution in [0.2, 0.25) is 0 Å². The normalized spacial score (nSPS) is 16.8. The van der Waals surface area contributed by atoms with Crippen molar-refractivity contribution in [2.24, 2.45) is 0 Å². The Hall–Kier alpha value is -2.78. The predicted octanol–water partition coefficient (Wildman–Crippen LogP) is 1.91. The minimum Gasteiger partial charge on any atom is -0.355 e. The molecule has 1 saturated heterocycles. The molecule has 1 aliphatic heterocycles. The van der Waals surface area contributed by atoms with Gasteiger partial charge in [0.05, 0.1) is 34.3 Å². The Labute approximate surface area is 183 Å². The number of likely N-dealkylation sites (N-methyl/N-ethyl adjacent to an activating group) is 1. The van der Waals surface area contributed by atoms with Gasteiger partial charge in [-0.2, -0.15) is 4.31 Å². The van der Waals surface area contributed by atoms with Crippen molar-refractivity contribution in [2.45, 2.75) is 37.1 Å². The van der Waals surface area contributed by atoms with E-state index in [1.54, 1.807) is 64.5 Å². The fraction of sp³-hybridized carbons (Fsp3) is 0.409. The third kappa shape index (κ3) is 4.77. The number of amides is 2. The molecule has 0 bridgehead atoms. The first kappa shape index (κ1) is 22.9. The van der Waals surface area contributed by atoms with Crippen LogP contribution in [-0.4, -0.2) is 62.1 Å². The lowest BCUT2D eigenvalue weighted by molar-refractivity contribution is -0.127. The van der Waals surface area contributed by atoms with E-state index in [4.69, 9.17) is 0 Å². The van der Waals surface area contributed by atoms with Gasteiger partial charge in [0, 0.05) is 27.7 Å². The average Bonchev–Trinajstić information content (AvgIpc) is 3.24. The first-order valence-electron chi connectivity index (χ1n) is 10.2. The maximum absolute atomic E-state index is 13.3. The van der Waals surface area contributed by atoms with Crippen LogP contribution in [0.4, 0.5) is 0 Å². The zero-order valence-corrected chi connectivity index (χ0v) is 19.1. The SMILES string of the molecule is CNC(=O)c1ccc(C2CCCN2S(=O)(=O)c2ccc(CC(=O)N(C)C)cc2)nc1C. The second-order valence-corrected chi connectivity index (χ2v) is 9.72. The van der Waals surface area contributed by atoms with Gasteiger partial charge in [-0.1, -0.05) is 12.1 Å². The maximum atomic E-state index is 13.3. The Bertz CT molecular complexity index is 1080. The number of aromatic nitrogens is 1. The molecule has 2 aromatic rings. The Morgan fingerprint density at radius 1 is 1.16 bits per heavy atom. The van der Waals surface area contributed by atoms with E-state index in [2.05, 4.69) is 10.3 Å². The second-order valence-electron chi connectivity index (χ2n) is 7.83. The molecule has 1 aromatic carbocycles. The van der Waals surface area contributed by atoms with Crippen LogP contribution in [0.3, 0.4) is 0 Å². The molecule has 1 N–H and O–H groups in total. The van der Waals surface area contributed by atoms with E-state index < -0.39 is 10.0 Å². The molecule has 1 aromatic heterocycles. The van der Waals surface area contributed by atoms with E-state index in [9.17, 15) is 18.0 Å². The number of nitrogens with zero attached hydrogens (tertiary/aromatic N) is 3. The third-order valence-electron chi connectivity index (χ3n) is 5.51. The summed E-state index contributed by atoms with van der Waals surface area (Å²) in [6, 6.07) is 9.51. The topological polar surface area (TPSA) is 99.7 Å². The molecule has 8 nitrogen and oxygen atoms in total. The highest BCUT2D eigenvalue weighted by atomic mass is 32.2. The molecule has 0 aliphatic carbocycles. The quantitative estimate of drug-likeness (QED) is 0.734. The minimum atomic E-state index is -3.72. The zero-order chi connectivity index (χ0) is 22.8. The van der Waals surface area contributed by atoms with E-state index in [0.29, 0.717) is 29.9 Å². The van der Waals surface area contributed by atoms with Crippen LogP contribution in [0.5, 0.6) is 0 Å². The van der Waals surface area contributed by atoms with E-state index in [1.165, 1.54) is 9.21 Å². The van der Waals surface area contributed by atoms with Gasteiger partial charge in [-0.05, 0) is 49.6 Å². The summed E-state index contributed by atoms with van der Waals surface area (Å²) in [5.74, 6) is -0.267. The summed E-state index contributed by atoms with van der Waals surface area (Å²) in [5, 5.41) is 2.58. The number of nitrogens with one attached hydrogen (secondary N) is 1. The smallest absolute Gasteiger partial charge is 0.252 e. The number of carbonyl (C=O) groups is 2. The Morgan fingerprint density at radius 2 is 1.84 bits per heavy atom. The molecular formula is C22H28N4O4S. The highest BCUT2D eigenvalue weighted by molar-refractivity contribution is 7.89. The van der Waals surface area contributed by atoms with Crippen molar-refractivity contribution in [2.75, 3.05) is 27.7 Å². The largest absolute Gasteiger partial charge is 0.355 e. The van der Waals surface area contributed by atoms with Gasteiger partial charge < -0.3 is 10.2 Å². The first-order valence-corrected chi connectivity index (χ1v) is 11.6. The molecule has 1 atom stereocenters. The van der Waals surface area contributed by atoms with Gasteiger partial charge in [-0.25, -0.2) is 8.42 Å². The summed E-state index contributed by atoms with van der Waals surface area (Å²) in [4.78, 5) is 30.0. The lowest BCUT2D eigenvalue weighted by Gasteiger charge is -2.24. The molecule has 166 valence electrons. The standard InChI is InChI=1S/C22H28N4O4S/c1-15-18(22(28)23-2)11-12-19(24-15)20-6-5-13-26(20)31(29,30)17-9-7-16(8-10-17)14-21(27)25(3)4/h7-12,20H,5-6,13-14H2,1-4H3,(H,23,28). The number of rotatable bonds is 6. The molecule has 31 heavy (non-hydrogen) atoms. The summed E-state index contributed by atoms with van der Waals surface area (Å²) in [5.41, 5.74) is 2.44. The van der Waals surface area contributed by atoms with Gasteiger partial charge in [-0.3, -0.25) is 14.6 Å². The van der Waals surface area contributed by atoms with Crippen LogP contribution in [0.25, 0.3) is 0 Å². The molecule has 2 heterocycles. The molecule has 9 heteroatoms. The van der Waals surface area contributed by atoms with E-state index in [0.717, 1.165) is 12.0 Å². The third-order valence-corrected chi connectivity index (χ3v) is 7.43. The molecule has 2 amide bonds. The Morgan fingerprint density at radius 3 is 2.42 bits per heavy atom. The minimum absolute atomic E-state index is 0.0446. The molecule has 1 fully saturated rings. The number of pyridine rings is 1. The fourth-order valence-electron chi connectivity index (χ4n) is 3.71. The van der Waals surface area contributed by atoms with E-state index in [-0.39, 0.29) is 29.2 Å². The predicted molar refractivity (Wildman–Crippen MR) is 117 cm³/mol. The van der Waals surface area contributed by atoms with Crippen LogP contribution in [-0.2, 0) is 21.2 Å². The summed E-state index contributed by atoms with van der Waals surface area (Å²) in [7, 11) is 1.21. The number of hydrogen-bond acceptors (Lipinski definition) is 5. The molecular weight excluding hydrogens is 416 g/mol. The summed E-state index contributed by atoms with van der Waals surface area (Å²) in [6.07, 6.45) is 1.62. The number of carbonyl (C=O) groups excluding carboxylic acids is 2. The molecule has 0 radical (unpaired) electrons. The van der Waals surface area contributed by atoms with Crippen molar-refractivity contribution in [1.29, 1.82) is 0 Å². The Kier molecular flexibility index (Phi) is 6.76. The second kappa shape index (κ2) is 9.15. The van der Waals surface area contributed by atoms with Crippen LogP contribution in [0.15, 0.2) is 41.3 Å². The number of sulfonamides is 1. The van der Waals surface area contributed by atoms with Gasteiger partial charge in [0.15, 0.2) is 0 Å². The lowest BCUT2D eigenvalue weighted by atomic mass is 10.1.